The summed E-state index contributed by atoms with van der Waals surface area (Å²) in [6.45, 7) is 1.68. The van der Waals surface area contributed by atoms with Gasteiger partial charge in [-0.25, -0.2) is 9.79 Å². The fraction of sp³-hybridized carbons (Fsp3) is 0.423. The maximum atomic E-state index is 13.3. The van der Waals surface area contributed by atoms with E-state index >= 15 is 0 Å². The van der Waals surface area contributed by atoms with Crippen molar-refractivity contribution in [3.05, 3.63) is 59.7 Å². The van der Waals surface area contributed by atoms with Crippen LogP contribution in [-0.2, 0) is 11.0 Å². The Balaban J connectivity index is 0.00000320. The van der Waals surface area contributed by atoms with Gasteiger partial charge < -0.3 is 20.4 Å². The van der Waals surface area contributed by atoms with Gasteiger partial charge in [0.05, 0.1) is 11.3 Å². The van der Waals surface area contributed by atoms with Crippen LogP contribution in [0.5, 0.6) is 0 Å². The van der Waals surface area contributed by atoms with Crippen LogP contribution in [0.15, 0.2) is 53.5 Å². The molecule has 1 unspecified atom stereocenters. The van der Waals surface area contributed by atoms with Crippen LogP contribution in [0.2, 0.25) is 0 Å². The molecule has 198 valence electrons. The number of likely N-dealkylation sites (N-methyl/N-ethyl adjacent to an activating group) is 1. The number of amidine groups is 1. The monoisotopic (exact) mass is 535 g/mol. The van der Waals surface area contributed by atoms with Crippen molar-refractivity contribution in [3.8, 4) is 0 Å². The minimum Gasteiger partial charge on any atom is -0.356 e. The van der Waals surface area contributed by atoms with E-state index < -0.39 is 29.8 Å². The van der Waals surface area contributed by atoms with Crippen LogP contribution in [0, 0.1) is 11.8 Å². The Morgan fingerprint density at radius 2 is 1.65 bits per heavy atom. The Kier molecular flexibility index (Phi) is 7.68. The molecule has 3 aliphatic heterocycles. The molecule has 2 bridgehead atoms. The molecule has 0 spiro atoms. The Hall–Kier alpha value is -3.27. The average Bonchev–Trinajstić information content (AvgIpc) is 3.22. The van der Waals surface area contributed by atoms with E-state index in [2.05, 4.69) is 15.5 Å². The maximum Gasteiger partial charge on any atom is 0.416 e. The van der Waals surface area contributed by atoms with Gasteiger partial charge in [0.15, 0.2) is 0 Å². The van der Waals surface area contributed by atoms with Gasteiger partial charge >= 0.3 is 12.2 Å². The van der Waals surface area contributed by atoms with Crippen molar-refractivity contribution >= 4 is 41.6 Å². The number of aliphatic imine (C=N–C) groups is 1. The predicted octanol–water partition coefficient (Wildman–Crippen LogP) is 5.12. The van der Waals surface area contributed by atoms with Crippen LogP contribution in [0.1, 0.15) is 36.8 Å². The number of carbonyl (C=O) groups excluding carboxylic acids is 2. The second-order valence-corrected chi connectivity index (χ2v) is 9.74. The molecule has 2 aromatic carbocycles. The first-order chi connectivity index (χ1) is 17.2. The lowest BCUT2D eigenvalue weighted by atomic mass is 9.84. The summed E-state index contributed by atoms with van der Waals surface area (Å²) in [6, 6.07) is 11.0. The highest BCUT2D eigenvalue weighted by Gasteiger charge is 2.36. The quantitative estimate of drug-likeness (QED) is 0.560. The molecule has 0 radical (unpaired) electrons. The fourth-order valence-electron chi connectivity index (χ4n) is 5.38. The van der Waals surface area contributed by atoms with Gasteiger partial charge in [-0.2, -0.15) is 13.2 Å². The Morgan fingerprint density at radius 1 is 1.00 bits per heavy atom. The highest BCUT2D eigenvalue weighted by molar-refractivity contribution is 6.12. The number of alkyl halides is 3. The van der Waals surface area contributed by atoms with Gasteiger partial charge in [-0.1, -0.05) is 18.2 Å². The number of nitrogens with zero attached hydrogens (tertiary/aromatic N) is 3. The van der Waals surface area contributed by atoms with Gasteiger partial charge in [-0.05, 0) is 67.9 Å². The number of carbonyl (C=O) groups is 2. The highest BCUT2D eigenvalue weighted by Crippen LogP contribution is 2.36. The molecule has 1 atom stereocenters. The number of hydrogen-bond donors (Lipinski definition) is 2. The Bertz CT molecular complexity index is 1180. The first-order valence-electron chi connectivity index (χ1n) is 12.1. The third-order valence-corrected chi connectivity index (χ3v) is 7.26. The minimum absolute atomic E-state index is 0. The molecule has 4 aliphatic rings. The molecule has 1 saturated carbocycles. The van der Waals surface area contributed by atoms with Crippen LogP contribution in [-0.4, -0.2) is 49.0 Å². The summed E-state index contributed by atoms with van der Waals surface area (Å²) < 4.78 is 39.2. The van der Waals surface area contributed by atoms with Crippen molar-refractivity contribution in [3.63, 3.8) is 0 Å². The molecule has 2 saturated heterocycles. The van der Waals surface area contributed by atoms with E-state index in [-0.39, 0.29) is 18.1 Å². The van der Waals surface area contributed by atoms with Crippen LogP contribution in [0.4, 0.5) is 29.3 Å². The normalized spacial score (nSPS) is 23.3. The van der Waals surface area contributed by atoms with E-state index in [1.807, 2.05) is 24.3 Å². The molecule has 3 heterocycles. The molecule has 3 amide bonds. The van der Waals surface area contributed by atoms with Crippen molar-refractivity contribution < 1.29 is 22.8 Å². The third-order valence-electron chi connectivity index (χ3n) is 7.26. The van der Waals surface area contributed by atoms with Crippen molar-refractivity contribution in [1.82, 2.24) is 10.2 Å². The van der Waals surface area contributed by atoms with Crippen LogP contribution in [0.25, 0.3) is 0 Å². The van der Waals surface area contributed by atoms with Crippen molar-refractivity contribution in [2.24, 2.45) is 16.8 Å². The van der Waals surface area contributed by atoms with Gasteiger partial charge in [0.25, 0.3) is 5.91 Å². The van der Waals surface area contributed by atoms with E-state index in [1.54, 1.807) is 7.05 Å². The summed E-state index contributed by atoms with van der Waals surface area (Å²) in [4.78, 5) is 34.6. The molecule has 6 rings (SSSR count). The second-order valence-electron chi connectivity index (χ2n) is 9.74. The summed E-state index contributed by atoms with van der Waals surface area (Å²) in [6.07, 6.45) is -1.06. The second kappa shape index (κ2) is 10.6. The summed E-state index contributed by atoms with van der Waals surface area (Å²) in [5.41, 5.74) is 0.600. The maximum absolute atomic E-state index is 13.3. The topological polar surface area (TPSA) is 77.0 Å². The predicted molar refractivity (Wildman–Crippen MR) is 138 cm³/mol. The summed E-state index contributed by atoms with van der Waals surface area (Å²) in [5, 5.41) is 4.97. The van der Waals surface area contributed by atoms with Crippen molar-refractivity contribution in [2.45, 2.75) is 38.0 Å². The largest absolute Gasteiger partial charge is 0.416 e. The average molecular weight is 536 g/mol. The zero-order chi connectivity index (χ0) is 25.4. The smallest absolute Gasteiger partial charge is 0.356 e. The van der Waals surface area contributed by atoms with Gasteiger partial charge in [0, 0.05) is 31.4 Å². The molecular weight excluding hydrogens is 507 g/mol. The molecule has 37 heavy (non-hydrogen) atoms. The molecule has 7 nitrogen and oxygen atoms in total. The number of rotatable bonds is 2. The number of nitrogens with one attached hydrogen (secondary N) is 2. The molecule has 1 aliphatic carbocycles. The molecule has 11 heteroatoms. The van der Waals surface area contributed by atoms with Crippen molar-refractivity contribution in [1.29, 1.82) is 0 Å². The number of halogens is 4. The third kappa shape index (κ3) is 5.69. The van der Waals surface area contributed by atoms with E-state index in [1.165, 1.54) is 42.7 Å². The number of fused-ring (bicyclic) bond motifs is 5. The summed E-state index contributed by atoms with van der Waals surface area (Å²) >= 11 is 0. The SMILES string of the molecule is CN1C(=O)C(NC(=O)Nc2cccc(C(F)(F)F)c2)N=C(N2CC3CCC(CC3)C2)c2ccccc21.Cl. The van der Waals surface area contributed by atoms with E-state index in [0.717, 1.165) is 30.8 Å². The summed E-state index contributed by atoms with van der Waals surface area (Å²) in [7, 11) is 1.63. The zero-order valence-electron chi connectivity index (χ0n) is 20.3. The first-order valence-corrected chi connectivity index (χ1v) is 12.1. The molecule has 3 fully saturated rings. The number of benzodiazepines with no additional fused rings is 1. The standard InChI is InChI=1S/C26H28F3N5O2.ClH/c1-33-21-8-3-2-7-20(21)23(34-14-16-9-10-17(15-34)12-11-16)31-22(24(33)35)32-25(36)30-19-6-4-5-18(13-19)26(27,28)29;/h2-8,13,16-17,22H,9-12,14-15H2,1H3,(H2,30,32,36);1H. The summed E-state index contributed by atoms with van der Waals surface area (Å²) in [5.74, 6) is 1.35. The molecule has 2 aromatic rings. The number of amides is 3. The Morgan fingerprint density at radius 3 is 2.30 bits per heavy atom. The number of para-hydroxylation sites is 1. The zero-order valence-corrected chi connectivity index (χ0v) is 21.1. The number of urea groups is 1. The molecular formula is C26H29ClF3N5O2. The molecule has 2 N–H and O–H groups in total. The lowest BCUT2D eigenvalue weighted by Crippen LogP contribution is -2.47. The number of hydrogen-bond acceptors (Lipinski definition) is 4. The fourth-order valence-corrected chi connectivity index (χ4v) is 5.38. The van der Waals surface area contributed by atoms with Gasteiger partial charge in [0.1, 0.15) is 5.84 Å². The number of anilines is 2. The van der Waals surface area contributed by atoms with Gasteiger partial charge in [-0.3, -0.25) is 4.79 Å². The number of benzene rings is 2. The van der Waals surface area contributed by atoms with Gasteiger partial charge in [0.2, 0.25) is 6.17 Å². The van der Waals surface area contributed by atoms with Crippen LogP contribution < -0.4 is 15.5 Å². The van der Waals surface area contributed by atoms with Crippen molar-refractivity contribution in [2.75, 3.05) is 30.4 Å². The first kappa shape index (κ1) is 26.8. The van der Waals surface area contributed by atoms with Crippen LogP contribution in [0.3, 0.4) is 0 Å². The van der Waals surface area contributed by atoms with E-state index in [4.69, 9.17) is 4.99 Å². The minimum atomic E-state index is -4.54. The van der Waals surface area contributed by atoms with E-state index in [9.17, 15) is 22.8 Å². The lowest BCUT2D eigenvalue weighted by molar-refractivity contribution is -0.137. The lowest BCUT2D eigenvalue weighted by Gasteiger charge is -2.27. The highest BCUT2D eigenvalue weighted by atomic mass is 35.5. The van der Waals surface area contributed by atoms with E-state index in [0.29, 0.717) is 23.4 Å². The van der Waals surface area contributed by atoms with Gasteiger partial charge in [-0.15, -0.1) is 12.4 Å². The Labute approximate surface area is 219 Å². The van der Waals surface area contributed by atoms with Crippen LogP contribution >= 0.6 is 12.4 Å². The molecule has 0 aromatic heterocycles.